The van der Waals surface area contributed by atoms with Gasteiger partial charge in [0.15, 0.2) is 17.5 Å². The SMILES string of the molecule is Cc1nc(C)c(C(=O)C2=C(O)C(=O)N(c3nc4ccc(Cl)cc4s3)C2c2ccc(OCC(N)=O)cc2)s1. The standard InChI is InChI=1S/C25H19ClN4O5S2/c1-11-23(36-12(2)28-11)21(32)19-20(13-3-6-15(7-4-13)35-10-18(27)31)30(24(34)22(19)33)25-29-16-8-5-14(26)9-17(16)37-25/h3-9,20,33H,10H2,1-2H3,(H2,27,31). The van der Waals surface area contributed by atoms with Crippen molar-refractivity contribution in [3.8, 4) is 5.75 Å². The van der Waals surface area contributed by atoms with Crippen molar-refractivity contribution in [3.63, 3.8) is 0 Å². The molecule has 2 aromatic carbocycles. The van der Waals surface area contributed by atoms with Crippen LogP contribution in [0, 0.1) is 13.8 Å². The van der Waals surface area contributed by atoms with Crippen molar-refractivity contribution < 1.29 is 24.2 Å². The number of ether oxygens (including phenoxy) is 1. The van der Waals surface area contributed by atoms with E-state index in [1.807, 2.05) is 0 Å². The van der Waals surface area contributed by atoms with E-state index >= 15 is 0 Å². The highest BCUT2D eigenvalue weighted by Crippen LogP contribution is 2.45. The molecule has 4 aromatic rings. The molecule has 0 bridgehead atoms. The number of aliphatic hydroxyl groups excluding tert-OH is 1. The van der Waals surface area contributed by atoms with Gasteiger partial charge in [-0.25, -0.2) is 9.97 Å². The number of primary amides is 1. The second kappa shape index (κ2) is 9.58. The lowest BCUT2D eigenvalue weighted by molar-refractivity contribution is -0.120. The Morgan fingerprint density at radius 2 is 1.86 bits per heavy atom. The van der Waals surface area contributed by atoms with Crippen LogP contribution in [0.5, 0.6) is 5.75 Å². The summed E-state index contributed by atoms with van der Waals surface area (Å²) in [6.07, 6.45) is 0. The van der Waals surface area contributed by atoms with Crippen LogP contribution >= 0.6 is 34.3 Å². The molecule has 0 saturated heterocycles. The monoisotopic (exact) mass is 554 g/mol. The lowest BCUT2D eigenvalue weighted by atomic mass is 9.95. The van der Waals surface area contributed by atoms with Crippen LogP contribution in [-0.4, -0.2) is 39.3 Å². The van der Waals surface area contributed by atoms with Gasteiger partial charge in [-0.05, 0) is 49.7 Å². The minimum absolute atomic E-state index is 0.0696. The Bertz CT molecular complexity index is 1610. The number of anilines is 1. The molecule has 3 heterocycles. The maximum absolute atomic E-state index is 13.7. The van der Waals surface area contributed by atoms with Crippen molar-refractivity contribution in [1.29, 1.82) is 0 Å². The summed E-state index contributed by atoms with van der Waals surface area (Å²) in [5, 5.41) is 12.5. The summed E-state index contributed by atoms with van der Waals surface area (Å²) in [6, 6.07) is 10.7. The van der Waals surface area contributed by atoms with Crippen LogP contribution in [0.2, 0.25) is 5.02 Å². The molecule has 1 unspecified atom stereocenters. The topological polar surface area (TPSA) is 136 Å². The van der Waals surface area contributed by atoms with Crippen molar-refractivity contribution in [2.75, 3.05) is 11.5 Å². The predicted octanol–water partition coefficient (Wildman–Crippen LogP) is 4.67. The van der Waals surface area contributed by atoms with Crippen molar-refractivity contribution >= 4 is 67.2 Å². The molecule has 0 fully saturated rings. The van der Waals surface area contributed by atoms with E-state index in [1.165, 1.54) is 27.6 Å². The first-order chi connectivity index (χ1) is 17.6. The summed E-state index contributed by atoms with van der Waals surface area (Å²) in [5.41, 5.74) is 6.75. The number of rotatable bonds is 7. The van der Waals surface area contributed by atoms with E-state index in [2.05, 4.69) is 9.97 Å². The van der Waals surface area contributed by atoms with Gasteiger partial charge in [0.25, 0.3) is 11.8 Å². The Labute approximate surface area is 223 Å². The molecule has 0 radical (unpaired) electrons. The number of carbonyl (C=O) groups is 3. The molecule has 3 N–H and O–H groups in total. The molecule has 5 rings (SSSR count). The Hall–Kier alpha value is -3.80. The fourth-order valence-electron chi connectivity index (χ4n) is 4.10. The number of carbonyl (C=O) groups excluding carboxylic acids is 3. The first-order valence-electron chi connectivity index (χ1n) is 11.0. The van der Waals surface area contributed by atoms with Crippen LogP contribution in [0.3, 0.4) is 0 Å². The Morgan fingerprint density at radius 1 is 1.14 bits per heavy atom. The third-order valence-corrected chi connectivity index (χ3v) is 8.01. The number of nitrogens with zero attached hydrogens (tertiary/aromatic N) is 3. The Morgan fingerprint density at radius 3 is 2.51 bits per heavy atom. The second-order valence-corrected chi connectivity index (χ2v) is 10.9. The number of thiazole rings is 2. The van der Waals surface area contributed by atoms with E-state index < -0.39 is 29.4 Å². The Kier molecular flexibility index (Phi) is 6.44. The minimum atomic E-state index is -0.969. The molecule has 1 aliphatic heterocycles. The first kappa shape index (κ1) is 24.9. The fourth-order valence-corrected chi connectivity index (χ4v) is 6.25. The van der Waals surface area contributed by atoms with E-state index in [0.29, 0.717) is 42.6 Å². The van der Waals surface area contributed by atoms with Crippen LogP contribution in [0.25, 0.3) is 10.2 Å². The number of hydrogen-bond donors (Lipinski definition) is 2. The molecule has 1 aliphatic rings. The predicted molar refractivity (Wildman–Crippen MR) is 142 cm³/mol. The maximum atomic E-state index is 13.7. The molecule has 0 aliphatic carbocycles. The number of benzene rings is 2. The average Bonchev–Trinajstić information content (AvgIpc) is 3.50. The quantitative estimate of drug-likeness (QED) is 0.317. The molecule has 2 aromatic heterocycles. The number of Topliss-reactive ketones (excluding diaryl/α,β-unsaturated/α-hetero) is 1. The highest BCUT2D eigenvalue weighted by molar-refractivity contribution is 7.22. The zero-order valence-electron chi connectivity index (χ0n) is 19.5. The van der Waals surface area contributed by atoms with Gasteiger partial charge in [-0.3, -0.25) is 19.3 Å². The highest BCUT2D eigenvalue weighted by Gasteiger charge is 2.46. The van der Waals surface area contributed by atoms with Crippen molar-refractivity contribution in [1.82, 2.24) is 9.97 Å². The molecule has 9 nitrogen and oxygen atoms in total. The van der Waals surface area contributed by atoms with Gasteiger partial charge in [-0.1, -0.05) is 35.1 Å². The van der Waals surface area contributed by atoms with E-state index in [0.717, 1.165) is 4.70 Å². The molecule has 12 heteroatoms. The van der Waals surface area contributed by atoms with Crippen LogP contribution in [0.1, 0.15) is 32.0 Å². The summed E-state index contributed by atoms with van der Waals surface area (Å²) in [7, 11) is 0. The van der Waals surface area contributed by atoms with Gasteiger partial charge < -0.3 is 15.6 Å². The molecule has 1 atom stereocenters. The van der Waals surface area contributed by atoms with Gasteiger partial charge >= 0.3 is 0 Å². The number of nitrogens with two attached hydrogens (primary N) is 1. The van der Waals surface area contributed by atoms with E-state index in [-0.39, 0.29) is 12.2 Å². The normalized spacial score (nSPS) is 15.6. The van der Waals surface area contributed by atoms with Crippen LogP contribution in [0.15, 0.2) is 53.8 Å². The number of fused-ring (bicyclic) bond motifs is 1. The summed E-state index contributed by atoms with van der Waals surface area (Å²) >= 11 is 8.55. The number of aromatic nitrogens is 2. The summed E-state index contributed by atoms with van der Waals surface area (Å²) in [5.74, 6) is -2.12. The van der Waals surface area contributed by atoms with Crippen LogP contribution < -0.4 is 15.4 Å². The molecule has 37 heavy (non-hydrogen) atoms. The zero-order valence-corrected chi connectivity index (χ0v) is 21.9. The van der Waals surface area contributed by atoms with Crippen molar-refractivity contribution in [2.24, 2.45) is 5.73 Å². The number of aryl methyl sites for hydroxylation is 2. The van der Waals surface area contributed by atoms with Crippen LogP contribution in [-0.2, 0) is 9.59 Å². The molecule has 0 spiro atoms. The van der Waals surface area contributed by atoms with Crippen molar-refractivity contribution in [3.05, 3.63) is 80.0 Å². The fraction of sp³-hybridized carbons (Fsp3) is 0.160. The average molecular weight is 555 g/mol. The largest absolute Gasteiger partial charge is 0.503 e. The smallest absolute Gasteiger partial charge is 0.296 e. The van der Waals surface area contributed by atoms with Gasteiger partial charge in [0.05, 0.1) is 37.4 Å². The second-order valence-electron chi connectivity index (χ2n) is 8.25. The molecule has 2 amide bonds. The van der Waals surface area contributed by atoms with E-state index in [9.17, 15) is 19.5 Å². The number of halogens is 1. The molecule has 0 saturated carbocycles. The zero-order chi connectivity index (χ0) is 26.4. The highest BCUT2D eigenvalue weighted by atomic mass is 35.5. The Balaban J connectivity index is 1.62. The van der Waals surface area contributed by atoms with Gasteiger partial charge in [0.2, 0.25) is 5.78 Å². The summed E-state index contributed by atoms with van der Waals surface area (Å²) < 4.78 is 6.09. The van der Waals surface area contributed by atoms with E-state index in [1.54, 1.807) is 56.3 Å². The molecule has 188 valence electrons. The van der Waals surface area contributed by atoms with Gasteiger partial charge in [0, 0.05) is 5.02 Å². The third kappa shape index (κ3) is 4.57. The summed E-state index contributed by atoms with van der Waals surface area (Å²) in [6.45, 7) is 3.19. The number of aliphatic hydroxyl groups is 1. The maximum Gasteiger partial charge on any atom is 0.296 e. The first-order valence-corrected chi connectivity index (χ1v) is 13.0. The lowest BCUT2D eigenvalue weighted by Gasteiger charge is -2.24. The molecular weight excluding hydrogens is 536 g/mol. The number of ketones is 1. The number of hydrogen-bond acceptors (Lipinski definition) is 9. The number of amides is 2. The molecular formula is C25H19ClN4O5S2. The minimum Gasteiger partial charge on any atom is -0.503 e. The third-order valence-electron chi connectivity index (χ3n) is 5.68. The lowest BCUT2D eigenvalue weighted by Crippen LogP contribution is -2.31. The van der Waals surface area contributed by atoms with Gasteiger partial charge in [0.1, 0.15) is 5.75 Å². The van der Waals surface area contributed by atoms with Gasteiger partial charge in [-0.15, -0.1) is 11.3 Å². The van der Waals surface area contributed by atoms with Crippen molar-refractivity contribution in [2.45, 2.75) is 19.9 Å². The summed E-state index contributed by atoms with van der Waals surface area (Å²) in [4.78, 5) is 48.8. The van der Waals surface area contributed by atoms with Crippen LogP contribution in [0.4, 0.5) is 5.13 Å². The van der Waals surface area contributed by atoms with Gasteiger partial charge in [-0.2, -0.15) is 0 Å². The van der Waals surface area contributed by atoms with E-state index in [4.69, 9.17) is 22.1 Å².